The second-order valence-corrected chi connectivity index (χ2v) is 7.50. The van der Waals surface area contributed by atoms with Crippen molar-refractivity contribution in [2.24, 2.45) is 0 Å². The van der Waals surface area contributed by atoms with Crippen LogP contribution in [0.3, 0.4) is 0 Å². The molecule has 1 atom stereocenters. The van der Waals surface area contributed by atoms with E-state index in [0.29, 0.717) is 6.04 Å². The van der Waals surface area contributed by atoms with Crippen LogP contribution >= 0.6 is 54.5 Å². The molecule has 1 N–H and O–H groups in total. The summed E-state index contributed by atoms with van der Waals surface area (Å²) in [7, 11) is 2.00. The molecule has 0 aromatic carbocycles. The minimum Gasteiger partial charge on any atom is -0.309 e. The minimum absolute atomic E-state index is 0.291. The largest absolute Gasteiger partial charge is 0.309 e. The van der Waals surface area contributed by atoms with Gasteiger partial charge in [0.15, 0.2) is 0 Å². The number of nitrogens with one attached hydrogen (secondary N) is 1. The Morgan fingerprint density at radius 2 is 2.06 bits per heavy atom. The summed E-state index contributed by atoms with van der Waals surface area (Å²) in [4.78, 5) is 1.32. The first kappa shape index (κ1) is 12.8. The zero-order chi connectivity index (χ0) is 11.7. The molecule has 2 aromatic heterocycles. The Hall–Kier alpha value is 0.320. The van der Waals surface area contributed by atoms with Gasteiger partial charge >= 0.3 is 0 Å². The third kappa shape index (κ3) is 2.43. The number of hydrogen-bond acceptors (Lipinski definition) is 3. The average molecular weight is 381 g/mol. The van der Waals surface area contributed by atoms with Crippen molar-refractivity contribution in [1.29, 1.82) is 0 Å². The molecule has 0 saturated heterocycles. The van der Waals surface area contributed by atoms with E-state index in [1.54, 1.807) is 22.7 Å². The molecule has 2 aromatic rings. The molecule has 2 heterocycles. The molecule has 0 spiro atoms. The van der Waals surface area contributed by atoms with Crippen LogP contribution in [0.1, 0.15) is 22.0 Å². The van der Waals surface area contributed by atoms with Gasteiger partial charge in [-0.15, -0.1) is 11.3 Å². The molecule has 1 nitrogen and oxygen atoms in total. The van der Waals surface area contributed by atoms with Crippen LogP contribution in [0.25, 0.3) is 0 Å². The summed E-state index contributed by atoms with van der Waals surface area (Å²) in [6.45, 7) is 2.16. The van der Waals surface area contributed by atoms with E-state index in [1.165, 1.54) is 16.0 Å². The lowest BCUT2D eigenvalue weighted by Gasteiger charge is -2.14. The molecular formula is C11H11Br2NS2. The normalized spacial score (nSPS) is 13.0. The van der Waals surface area contributed by atoms with Crippen LogP contribution in [0, 0.1) is 6.92 Å². The summed E-state index contributed by atoms with van der Waals surface area (Å²) in [5.41, 5.74) is 2.72. The number of hydrogen-bond donors (Lipinski definition) is 1. The van der Waals surface area contributed by atoms with Crippen molar-refractivity contribution in [1.82, 2.24) is 5.32 Å². The van der Waals surface area contributed by atoms with Crippen molar-refractivity contribution >= 4 is 54.5 Å². The summed E-state index contributed by atoms with van der Waals surface area (Å²) in [6, 6.07) is 2.46. The van der Waals surface area contributed by atoms with Gasteiger partial charge in [0.05, 0.1) is 9.83 Å². The van der Waals surface area contributed by atoms with Gasteiger partial charge in [0, 0.05) is 9.35 Å². The first-order valence-corrected chi connectivity index (χ1v) is 8.12. The van der Waals surface area contributed by atoms with E-state index < -0.39 is 0 Å². The molecule has 0 aliphatic heterocycles. The number of rotatable bonds is 3. The van der Waals surface area contributed by atoms with E-state index in [2.05, 4.69) is 60.9 Å². The second-order valence-electron chi connectivity index (χ2n) is 3.50. The quantitative estimate of drug-likeness (QED) is 0.793. The fourth-order valence-corrected chi connectivity index (χ4v) is 4.72. The number of halogens is 2. The summed E-state index contributed by atoms with van der Waals surface area (Å²) in [5, 5.41) is 7.79. The maximum atomic E-state index is 3.54. The van der Waals surface area contributed by atoms with Crippen molar-refractivity contribution in [2.45, 2.75) is 13.0 Å². The fourth-order valence-electron chi connectivity index (χ4n) is 1.62. The Morgan fingerprint density at radius 3 is 2.50 bits per heavy atom. The zero-order valence-corrected chi connectivity index (χ0v) is 13.7. The van der Waals surface area contributed by atoms with Crippen LogP contribution in [-0.4, -0.2) is 7.05 Å². The maximum absolute atomic E-state index is 3.54. The van der Waals surface area contributed by atoms with Gasteiger partial charge in [-0.2, -0.15) is 11.3 Å². The Balaban J connectivity index is 2.40. The highest BCUT2D eigenvalue weighted by Crippen LogP contribution is 2.38. The molecule has 0 bridgehead atoms. The van der Waals surface area contributed by atoms with Crippen molar-refractivity contribution in [3.05, 3.63) is 41.1 Å². The molecule has 2 rings (SSSR count). The van der Waals surface area contributed by atoms with Crippen molar-refractivity contribution in [3.8, 4) is 0 Å². The molecule has 0 saturated carbocycles. The Labute approximate surface area is 120 Å². The summed E-state index contributed by atoms with van der Waals surface area (Å²) in [6.07, 6.45) is 0. The summed E-state index contributed by atoms with van der Waals surface area (Å²) >= 11 is 10.6. The SMILES string of the molecule is CNC(c1cc(Br)c(Br)s1)c1cscc1C. The summed E-state index contributed by atoms with van der Waals surface area (Å²) in [5.74, 6) is 0. The highest BCUT2D eigenvalue weighted by molar-refractivity contribution is 9.13. The Bertz CT molecular complexity index is 470. The van der Waals surface area contributed by atoms with Crippen molar-refractivity contribution in [3.63, 3.8) is 0 Å². The first-order valence-electron chi connectivity index (χ1n) is 4.78. The fraction of sp³-hybridized carbons (Fsp3) is 0.273. The number of aryl methyl sites for hydroxylation is 1. The summed E-state index contributed by atoms with van der Waals surface area (Å²) < 4.78 is 2.27. The molecule has 0 amide bonds. The predicted octanol–water partition coefficient (Wildman–Crippen LogP) is 4.95. The minimum atomic E-state index is 0.291. The van der Waals surface area contributed by atoms with Crippen LogP contribution in [0.5, 0.6) is 0 Å². The smallest absolute Gasteiger partial charge is 0.0843 e. The standard InChI is InChI=1S/C11H11Br2NS2/c1-6-4-15-5-7(6)10(14-2)9-3-8(12)11(13)16-9/h3-5,10,14H,1-2H3. The highest BCUT2D eigenvalue weighted by atomic mass is 79.9. The van der Waals surface area contributed by atoms with Crippen LogP contribution in [0.2, 0.25) is 0 Å². The molecule has 16 heavy (non-hydrogen) atoms. The van der Waals surface area contributed by atoms with E-state index in [9.17, 15) is 0 Å². The van der Waals surface area contributed by atoms with Gasteiger partial charge in [-0.3, -0.25) is 0 Å². The lowest BCUT2D eigenvalue weighted by molar-refractivity contribution is 0.702. The topological polar surface area (TPSA) is 12.0 Å². The van der Waals surface area contributed by atoms with Gasteiger partial charge in [0.2, 0.25) is 0 Å². The molecule has 5 heteroatoms. The van der Waals surface area contributed by atoms with E-state index >= 15 is 0 Å². The lowest BCUT2D eigenvalue weighted by Crippen LogP contribution is -2.16. The van der Waals surface area contributed by atoms with Gasteiger partial charge in [-0.1, -0.05) is 0 Å². The first-order chi connectivity index (χ1) is 7.63. The molecule has 86 valence electrons. The molecule has 0 aliphatic rings. The predicted molar refractivity (Wildman–Crippen MR) is 79.7 cm³/mol. The van der Waals surface area contributed by atoms with E-state index in [-0.39, 0.29) is 0 Å². The lowest BCUT2D eigenvalue weighted by atomic mass is 10.1. The average Bonchev–Trinajstić information content (AvgIpc) is 2.78. The van der Waals surface area contributed by atoms with Gasteiger partial charge in [-0.05, 0) is 73.8 Å². The van der Waals surface area contributed by atoms with E-state index in [1.807, 2.05) is 7.05 Å². The molecule has 0 aliphatic carbocycles. The Kier molecular flexibility index (Phi) is 4.24. The highest BCUT2D eigenvalue weighted by Gasteiger charge is 2.18. The second kappa shape index (κ2) is 5.31. The van der Waals surface area contributed by atoms with Gasteiger partial charge < -0.3 is 5.32 Å². The van der Waals surface area contributed by atoms with Gasteiger partial charge in [0.25, 0.3) is 0 Å². The van der Waals surface area contributed by atoms with E-state index in [4.69, 9.17) is 0 Å². The molecule has 1 unspecified atom stereocenters. The van der Waals surface area contributed by atoms with Crippen LogP contribution in [0.15, 0.2) is 25.1 Å². The monoisotopic (exact) mass is 379 g/mol. The number of thiophene rings is 2. The molecular weight excluding hydrogens is 370 g/mol. The third-order valence-corrected chi connectivity index (χ3v) is 6.64. The van der Waals surface area contributed by atoms with E-state index in [0.717, 1.165) is 8.26 Å². The third-order valence-electron chi connectivity index (χ3n) is 2.44. The maximum Gasteiger partial charge on any atom is 0.0843 e. The van der Waals surface area contributed by atoms with Crippen LogP contribution in [0.4, 0.5) is 0 Å². The van der Waals surface area contributed by atoms with Gasteiger partial charge in [-0.25, -0.2) is 0 Å². The Morgan fingerprint density at radius 1 is 1.31 bits per heavy atom. The van der Waals surface area contributed by atoms with Gasteiger partial charge in [0.1, 0.15) is 0 Å². The molecule has 0 fully saturated rings. The van der Waals surface area contributed by atoms with Crippen LogP contribution < -0.4 is 5.32 Å². The van der Waals surface area contributed by atoms with Crippen molar-refractivity contribution in [2.75, 3.05) is 7.05 Å². The van der Waals surface area contributed by atoms with Crippen molar-refractivity contribution < 1.29 is 0 Å². The molecule has 0 radical (unpaired) electrons. The zero-order valence-electron chi connectivity index (χ0n) is 8.88. The van der Waals surface area contributed by atoms with Crippen LogP contribution in [-0.2, 0) is 0 Å².